The van der Waals surface area contributed by atoms with Gasteiger partial charge in [-0.05, 0) is 37.7 Å². The van der Waals surface area contributed by atoms with Crippen LogP contribution < -0.4 is 0 Å². The second kappa shape index (κ2) is 6.49. The summed E-state index contributed by atoms with van der Waals surface area (Å²) in [6.45, 7) is 2.02. The van der Waals surface area contributed by atoms with Crippen LogP contribution in [0.5, 0.6) is 0 Å². The van der Waals surface area contributed by atoms with Gasteiger partial charge < -0.3 is 5.11 Å². The highest BCUT2D eigenvalue weighted by atomic mass is 16.3. The number of aliphatic hydroxyl groups is 1. The molecule has 1 aromatic carbocycles. The molecule has 0 heterocycles. The van der Waals surface area contributed by atoms with Gasteiger partial charge in [0.15, 0.2) is 0 Å². The molecule has 2 aliphatic rings. The molecule has 122 valence electrons. The van der Waals surface area contributed by atoms with Crippen molar-refractivity contribution in [1.29, 1.82) is 0 Å². The van der Waals surface area contributed by atoms with Crippen molar-refractivity contribution in [1.82, 2.24) is 0 Å². The Morgan fingerprint density at radius 2 is 1.91 bits per heavy atom. The van der Waals surface area contributed by atoms with Gasteiger partial charge in [-0.3, -0.25) is 4.79 Å². The Morgan fingerprint density at radius 3 is 2.61 bits per heavy atom. The lowest BCUT2D eigenvalue weighted by Crippen LogP contribution is -2.48. The minimum atomic E-state index is -1.17. The monoisotopic (exact) mass is 310 g/mol. The van der Waals surface area contributed by atoms with Crippen molar-refractivity contribution in [3.63, 3.8) is 0 Å². The summed E-state index contributed by atoms with van der Waals surface area (Å²) in [5.74, 6) is 7.59. The molecule has 23 heavy (non-hydrogen) atoms. The summed E-state index contributed by atoms with van der Waals surface area (Å²) in [6, 6.07) is 9.59. The van der Waals surface area contributed by atoms with E-state index in [2.05, 4.69) is 11.8 Å². The van der Waals surface area contributed by atoms with Crippen LogP contribution in [0.3, 0.4) is 0 Å². The number of Topliss-reactive ketones (excluding diaryl/α,β-unsaturated/α-hetero) is 1. The third kappa shape index (κ3) is 3.21. The minimum absolute atomic E-state index is 0.131. The van der Waals surface area contributed by atoms with Crippen LogP contribution in [0.1, 0.15) is 63.9 Å². The first-order valence-corrected chi connectivity index (χ1v) is 8.83. The average Bonchev–Trinajstić information content (AvgIpc) is 3.06. The van der Waals surface area contributed by atoms with E-state index in [-0.39, 0.29) is 12.2 Å². The lowest BCUT2D eigenvalue weighted by molar-refractivity contribution is -0.139. The first-order chi connectivity index (χ1) is 11.0. The molecular weight excluding hydrogens is 284 g/mol. The van der Waals surface area contributed by atoms with Gasteiger partial charge in [0.1, 0.15) is 11.4 Å². The number of rotatable bonds is 2. The molecule has 2 aliphatic carbocycles. The number of carbonyl (C=O) groups is 1. The zero-order valence-electron chi connectivity index (χ0n) is 14.0. The second-order valence-electron chi connectivity index (χ2n) is 7.43. The summed E-state index contributed by atoms with van der Waals surface area (Å²) in [7, 11) is 0. The maximum Gasteiger partial charge on any atom is 0.136 e. The van der Waals surface area contributed by atoms with E-state index in [4.69, 9.17) is 0 Å². The Bertz CT molecular complexity index is 618. The van der Waals surface area contributed by atoms with Crippen molar-refractivity contribution in [2.45, 2.75) is 63.9 Å². The Morgan fingerprint density at radius 1 is 1.22 bits per heavy atom. The van der Waals surface area contributed by atoms with Crippen LogP contribution in [0.2, 0.25) is 0 Å². The van der Waals surface area contributed by atoms with Crippen molar-refractivity contribution in [2.75, 3.05) is 0 Å². The van der Waals surface area contributed by atoms with Crippen LogP contribution in [0.25, 0.3) is 0 Å². The molecule has 1 N–H and O–H groups in total. The van der Waals surface area contributed by atoms with Gasteiger partial charge in [-0.25, -0.2) is 0 Å². The summed E-state index contributed by atoms with van der Waals surface area (Å²) in [5, 5.41) is 11.4. The van der Waals surface area contributed by atoms with E-state index in [0.29, 0.717) is 12.8 Å². The third-order valence-electron chi connectivity index (χ3n) is 5.75. The van der Waals surface area contributed by atoms with Crippen LogP contribution >= 0.6 is 0 Å². The minimum Gasteiger partial charge on any atom is -0.383 e. The normalized spacial score (nSPS) is 31.7. The highest BCUT2D eigenvalue weighted by molar-refractivity contribution is 5.81. The van der Waals surface area contributed by atoms with Gasteiger partial charge in [-0.2, -0.15) is 0 Å². The molecule has 0 amide bonds. The Kier molecular flexibility index (Phi) is 4.60. The van der Waals surface area contributed by atoms with Crippen molar-refractivity contribution < 1.29 is 9.90 Å². The van der Waals surface area contributed by atoms with Gasteiger partial charge >= 0.3 is 0 Å². The predicted molar refractivity (Wildman–Crippen MR) is 91.7 cm³/mol. The molecule has 2 atom stereocenters. The summed E-state index contributed by atoms with van der Waals surface area (Å²) >= 11 is 0. The van der Waals surface area contributed by atoms with E-state index in [1.807, 2.05) is 37.3 Å². The number of carbonyl (C=O) groups excluding carboxylic acids is 1. The molecule has 0 spiro atoms. The molecule has 1 aromatic rings. The maximum atomic E-state index is 12.0. The SMILES string of the molecule is C[C@]1(C#CCC2CCCC2)CCC(=O)C[C@@]1(O)c1ccccc1. The van der Waals surface area contributed by atoms with Gasteiger partial charge in [0.25, 0.3) is 0 Å². The summed E-state index contributed by atoms with van der Waals surface area (Å²) < 4.78 is 0. The van der Waals surface area contributed by atoms with E-state index in [0.717, 1.165) is 17.9 Å². The molecule has 2 nitrogen and oxygen atoms in total. The summed E-state index contributed by atoms with van der Waals surface area (Å²) in [6.07, 6.45) is 7.47. The molecule has 0 aliphatic heterocycles. The molecule has 0 aromatic heterocycles. The van der Waals surface area contributed by atoms with Crippen LogP contribution in [0.15, 0.2) is 30.3 Å². The first kappa shape index (κ1) is 16.3. The van der Waals surface area contributed by atoms with Crippen LogP contribution in [-0.4, -0.2) is 10.9 Å². The smallest absolute Gasteiger partial charge is 0.136 e. The van der Waals surface area contributed by atoms with Gasteiger partial charge in [0.05, 0.1) is 5.41 Å². The highest BCUT2D eigenvalue weighted by Gasteiger charge is 2.51. The van der Waals surface area contributed by atoms with E-state index >= 15 is 0 Å². The van der Waals surface area contributed by atoms with Gasteiger partial charge in [0, 0.05) is 19.3 Å². The maximum absolute atomic E-state index is 12.0. The molecule has 0 unspecified atom stereocenters. The zero-order valence-corrected chi connectivity index (χ0v) is 14.0. The van der Waals surface area contributed by atoms with Crippen molar-refractivity contribution in [2.24, 2.45) is 11.3 Å². The fourth-order valence-electron chi connectivity index (χ4n) is 4.07. The van der Waals surface area contributed by atoms with Gasteiger partial charge in [-0.1, -0.05) is 49.1 Å². The third-order valence-corrected chi connectivity index (χ3v) is 5.75. The average molecular weight is 310 g/mol. The van der Waals surface area contributed by atoms with Crippen molar-refractivity contribution >= 4 is 5.78 Å². The Balaban J connectivity index is 1.87. The number of hydrogen-bond donors (Lipinski definition) is 1. The van der Waals surface area contributed by atoms with Crippen molar-refractivity contribution in [3.8, 4) is 11.8 Å². The van der Waals surface area contributed by atoms with E-state index < -0.39 is 11.0 Å². The van der Waals surface area contributed by atoms with Gasteiger partial charge in [0.2, 0.25) is 0 Å². The van der Waals surface area contributed by atoms with E-state index in [1.54, 1.807) is 0 Å². The Hall–Kier alpha value is -1.59. The quantitative estimate of drug-likeness (QED) is 0.831. The van der Waals surface area contributed by atoms with Crippen molar-refractivity contribution in [3.05, 3.63) is 35.9 Å². The van der Waals surface area contributed by atoms with Crippen LogP contribution in [0, 0.1) is 23.2 Å². The van der Waals surface area contributed by atoms with E-state index in [1.165, 1.54) is 25.7 Å². The first-order valence-electron chi connectivity index (χ1n) is 8.83. The molecule has 0 saturated heterocycles. The zero-order chi connectivity index (χ0) is 16.3. The lowest BCUT2D eigenvalue weighted by Gasteiger charge is -2.45. The fourth-order valence-corrected chi connectivity index (χ4v) is 4.07. The molecule has 2 fully saturated rings. The topological polar surface area (TPSA) is 37.3 Å². The van der Waals surface area contributed by atoms with Gasteiger partial charge in [-0.15, -0.1) is 5.92 Å². The predicted octanol–water partition coefficient (Wildman–Crippen LogP) is 4.22. The molecule has 2 heteroatoms. The summed E-state index contributed by atoms with van der Waals surface area (Å²) in [4.78, 5) is 12.0. The second-order valence-corrected chi connectivity index (χ2v) is 7.43. The molecule has 2 saturated carbocycles. The van der Waals surface area contributed by atoms with E-state index in [9.17, 15) is 9.90 Å². The molecule has 0 bridgehead atoms. The van der Waals surface area contributed by atoms with Crippen LogP contribution in [-0.2, 0) is 10.4 Å². The molecule has 0 radical (unpaired) electrons. The Labute approximate surface area is 139 Å². The fraction of sp³-hybridized carbons (Fsp3) is 0.571. The molecule has 3 rings (SSSR count). The van der Waals surface area contributed by atoms with Crippen LogP contribution in [0.4, 0.5) is 0 Å². The highest BCUT2D eigenvalue weighted by Crippen LogP contribution is 2.49. The standard InChI is InChI=1S/C21H26O2/c1-20(14-7-10-17-8-5-6-9-17)15-13-19(22)16-21(20,23)18-11-3-2-4-12-18/h2-4,11-12,17,23H,5-6,8-10,13,15-16H2,1H3/t20-,21+/m0/s1. The molecular formula is C21H26O2. The largest absolute Gasteiger partial charge is 0.383 e. The summed E-state index contributed by atoms with van der Waals surface area (Å²) in [5.41, 5.74) is -0.918. The number of benzene rings is 1. The number of ketones is 1. The number of hydrogen-bond acceptors (Lipinski definition) is 2. The lowest BCUT2D eigenvalue weighted by atomic mass is 9.61.